The number of hydrazine groups is 2. The molecule has 1 heterocycles. The zero-order chi connectivity index (χ0) is 8.10. The highest BCUT2D eigenvalue weighted by Gasteiger charge is 2.19. The van der Waals surface area contributed by atoms with Crippen molar-refractivity contribution in [1.29, 1.82) is 0 Å². The zero-order valence-corrected chi connectivity index (χ0v) is 6.38. The average Bonchev–Trinajstić information content (AvgIpc) is 2.37. The van der Waals surface area contributed by atoms with E-state index in [1.54, 1.807) is 5.01 Å². The van der Waals surface area contributed by atoms with Gasteiger partial charge in [0, 0.05) is 19.6 Å². The van der Waals surface area contributed by atoms with Gasteiger partial charge in [0.1, 0.15) is 6.29 Å². The summed E-state index contributed by atoms with van der Waals surface area (Å²) in [6.07, 6.45) is -0.0263. The normalized spacial score (nSPS) is 26.2. The molecule has 0 saturated carbocycles. The molecule has 0 amide bonds. The van der Waals surface area contributed by atoms with E-state index in [9.17, 15) is 0 Å². The highest BCUT2D eigenvalue weighted by atomic mass is 16.3. The summed E-state index contributed by atoms with van der Waals surface area (Å²) >= 11 is 0. The molecule has 0 spiro atoms. The van der Waals surface area contributed by atoms with Gasteiger partial charge in [0.05, 0.1) is 6.61 Å². The maximum atomic E-state index is 8.44. The van der Waals surface area contributed by atoms with Gasteiger partial charge in [-0.1, -0.05) is 0 Å². The molecule has 1 fully saturated rings. The van der Waals surface area contributed by atoms with Gasteiger partial charge in [-0.25, -0.2) is 10.4 Å². The Hall–Kier alpha value is -0.240. The van der Waals surface area contributed by atoms with Crippen LogP contribution < -0.4 is 22.0 Å². The first-order valence-electron chi connectivity index (χ1n) is 3.68. The van der Waals surface area contributed by atoms with Crippen LogP contribution in [0.4, 0.5) is 0 Å². The van der Waals surface area contributed by atoms with Gasteiger partial charge in [-0.15, -0.1) is 0 Å². The first-order chi connectivity index (χ1) is 5.34. The lowest BCUT2D eigenvalue weighted by Crippen LogP contribution is -2.56. The zero-order valence-electron chi connectivity index (χ0n) is 6.38. The Labute approximate surface area is 65.7 Å². The first kappa shape index (κ1) is 8.85. The molecule has 6 nitrogen and oxygen atoms in total. The standard InChI is InChI=1S/C5H15N5O/c6-10-3-1-7-5(10)9-8-2-4-11/h5,7-9,11H,1-4,6H2. The minimum atomic E-state index is -0.0263. The third-order valence-electron chi connectivity index (χ3n) is 1.51. The fourth-order valence-corrected chi connectivity index (χ4v) is 0.935. The molecule has 11 heavy (non-hydrogen) atoms. The number of rotatable bonds is 4. The van der Waals surface area contributed by atoms with Crippen molar-refractivity contribution in [3.63, 3.8) is 0 Å². The van der Waals surface area contributed by atoms with Crippen LogP contribution in [0.5, 0.6) is 0 Å². The minimum Gasteiger partial charge on any atom is -0.395 e. The summed E-state index contributed by atoms with van der Waals surface area (Å²) in [7, 11) is 0. The number of hydrogen-bond acceptors (Lipinski definition) is 6. The summed E-state index contributed by atoms with van der Waals surface area (Å²) in [4.78, 5) is 0. The van der Waals surface area contributed by atoms with Gasteiger partial charge in [-0.2, -0.15) is 0 Å². The fraction of sp³-hybridized carbons (Fsp3) is 1.00. The molecule has 0 aromatic carbocycles. The van der Waals surface area contributed by atoms with Crippen molar-refractivity contribution < 1.29 is 5.11 Å². The van der Waals surface area contributed by atoms with Crippen LogP contribution in [0.3, 0.4) is 0 Å². The maximum Gasteiger partial charge on any atom is 0.139 e. The highest BCUT2D eigenvalue weighted by molar-refractivity contribution is 4.69. The van der Waals surface area contributed by atoms with E-state index in [0.717, 1.165) is 13.1 Å². The fourth-order valence-electron chi connectivity index (χ4n) is 0.935. The molecule has 1 rings (SSSR count). The quantitative estimate of drug-likeness (QED) is 0.173. The number of aliphatic hydroxyl groups is 1. The highest BCUT2D eigenvalue weighted by Crippen LogP contribution is 1.89. The van der Waals surface area contributed by atoms with E-state index < -0.39 is 0 Å². The average molecular weight is 161 g/mol. The van der Waals surface area contributed by atoms with Gasteiger partial charge in [0.15, 0.2) is 0 Å². The summed E-state index contributed by atoms with van der Waals surface area (Å²) in [5.41, 5.74) is 5.74. The summed E-state index contributed by atoms with van der Waals surface area (Å²) in [6.45, 7) is 2.35. The Morgan fingerprint density at radius 2 is 2.55 bits per heavy atom. The Bertz CT molecular complexity index is 111. The van der Waals surface area contributed by atoms with E-state index in [-0.39, 0.29) is 12.9 Å². The maximum absolute atomic E-state index is 8.44. The third kappa shape index (κ3) is 2.70. The summed E-state index contributed by atoms with van der Waals surface area (Å²) in [5.74, 6) is 5.57. The van der Waals surface area contributed by atoms with Gasteiger partial charge in [-0.05, 0) is 0 Å². The number of nitrogens with two attached hydrogens (primary N) is 1. The molecule has 1 aliphatic rings. The van der Waals surface area contributed by atoms with Crippen molar-refractivity contribution in [3.8, 4) is 0 Å². The number of hydrogen-bond donors (Lipinski definition) is 5. The summed E-state index contributed by atoms with van der Waals surface area (Å²) in [5, 5.41) is 13.2. The largest absolute Gasteiger partial charge is 0.395 e. The van der Waals surface area contributed by atoms with Crippen molar-refractivity contribution in [1.82, 2.24) is 21.2 Å². The second-order valence-electron chi connectivity index (χ2n) is 2.39. The predicted molar refractivity (Wildman–Crippen MR) is 40.9 cm³/mol. The van der Waals surface area contributed by atoms with E-state index in [1.807, 2.05) is 0 Å². The van der Waals surface area contributed by atoms with Crippen molar-refractivity contribution >= 4 is 0 Å². The molecule has 66 valence electrons. The topological polar surface area (TPSA) is 85.6 Å². The molecular formula is C5H15N5O. The lowest BCUT2D eigenvalue weighted by atomic mass is 10.7. The van der Waals surface area contributed by atoms with Gasteiger partial charge in [-0.3, -0.25) is 16.6 Å². The summed E-state index contributed by atoms with van der Waals surface area (Å²) in [6, 6.07) is 0. The van der Waals surface area contributed by atoms with Crippen molar-refractivity contribution in [2.75, 3.05) is 26.2 Å². The molecule has 1 unspecified atom stereocenters. The van der Waals surface area contributed by atoms with Gasteiger partial charge >= 0.3 is 0 Å². The van der Waals surface area contributed by atoms with E-state index in [4.69, 9.17) is 10.9 Å². The molecule has 6 heteroatoms. The molecule has 0 bridgehead atoms. The van der Waals surface area contributed by atoms with Gasteiger partial charge < -0.3 is 5.11 Å². The van der Waals surface area contributed by atoms with Crippen LogP contribution in [0.25, 0.3) is 0 Å². The van der Waals surface area contributed by atoms with Crippen LogP contribution in [0.2, 0.25) is 0 Å². The first-order valence-corrected chi connectivity index (χ1v) is 3.68. The van der Waals surface area contributed by atoms with Crippen LogP contribution >= 0.6 is 0 Å². The third-order valence-corrected chi connectivity index (χ3v) is 1.51. The smallest absolute Gasteiger partial charge is 0.139 e. The van der Waals surface area contributed by atoms with Crippen LogP contribution in [-0.2, 0) is 0 Å². The number of nitrogens with zero attached hydrogens (tertiary/aromatic N) is 1. The molecule has 0 radical (unpaired) electrons. The van der Waals surface area contributed by atoms with Crippen molar-refractivity contribution in [2.24, 2.45) is 5.84 Å². The van der Waals surface area contributed by atoms with Crippen LogP contribution in [-0.4, -0.2) is 42.6 Å². The van der Waals surface area contributed by atoms with Gasteiger partial charge in [0.2, 0.25) is 0 Å². The second-order valence-corrected chi connectivity index (χ2v) is 2.39. The molecule has 0 aliphatic carbocycles. The van der Waals surface area contributed by atoms with Crippen molar-refractivity contribution in [3.05, 3.63) is 0 Å². The van der Waals surface area contributed by atoms with E-state index in [1.165, 1.54) is 0 Å². The number of nitrogens with one attached hydrogen (secondary N) is 3. The molecular weight excluding hydrogens is 146 g/mol. The summed E-state index contributed by atoms with van der Waals surface area (Å²) < 4.78 is 0. The molecule has 1 atom stereocenters. The Morgan fingerprint density at radius 1 is 1.73 bits per heavy atom. The lowest BCUT2D eigenvalue weighted by molar-refractivity contribution is 0.179. The molecule has 1 aliphatic heterocycles. The van der Waals surface area contributed by atoms with E-state index >= 15 is 0 Å². The van der Waals surface area contributed by atoms with E-state index in [0.29, 0.717) is 6.54 Å². The van der Waals surface area contributed by atoms with E-state index in [2.05, 4.69) is 16.2 Å². The molecule has 1 saturated heterocycles. The molecule has 0 aromatic heterocycles. The minimum absolute atomic E-state index is 0.0263. The Balaban J connectivity index is 2.05. The Morgan fingerprint density at radius 3 is 3.09 bits per heavy atom. The van der Waals surface area contributed by atoms with Gasteiger partial charge in [0.25, 0.3) is 0 Å². The molecule has 0 aromatic rings. The monoisotopic (exact) mass is 161 g/mol. The predicted octanol–water partition coefficient (Wildman–Crippen LogP) is -2.86. The number of aliphatic hydroxyl groups excluding tert-OH is 1. The van der Waals surface area contributed by atoms with Crippen LogP contribution in [0.1, 0.15) is 0 Å². The second kappa shape index (κ2) is 4.60. The van der Waals surface area contributed by atoms with Crippen LogP contribution in [0, 0.1) is 0 Å². The molecule has 6 N–H and O–H groups in total. The van der Waals surface area contributed by atoms with Crippen molar-refractivity contribution in [2.45, 2.75) is 6.29 Å². The lowest BCUT2D eigenvalue weighted by Gasteiger charge is -2.20. The Kier molecular flexibility index (Phi) is 3.70. The van der Waals surface area contributed by atoms with Crippen LogP contribution in [0.15, 0.2) is 0 Å². The SMILES string of the molecule is NN1CCNC1NNCCO.